The molecule has 156 valence electrons. The van der Waals surface area contributed by atoms with E-state index in [1.165, 1.54) is 81.8 Å². The van der Waals surface area contributed by atoms with Crippen LogP contribution in [0.4, 0.5) is 0 Å². The van der Waals surface area contributed by atoms with Gasteiger partial charge >= 0.3 is 0 Å². The molecule has 0 unspecified atom stereocenters. The summed E-state index contributed by atoms with van der Waals surface area (Å²) in [5.74, 6) is 7.44. The van der Waals surface area contributed by atoms with Crippen molar-refractivity contribution in [1.29, 1.82) is 0 Å². The van der Waals surface area contributed by atoms with Gasteiger partial charge in [0.05, 0.1) is 0 Å². The van der Waals surface area contributed by atoms with E-state index >= 15 is 0 Å². The van der Waals surface area contributed by atoms with Gasteiger partial charge in [0.25, 0.3) is 0 Å². The van der Waals surface area contributed by atoms with E-state index in [0.717, 1.165) is 17.0 Å². The molecule has 0 heterocycles. The van der Waals surface area contributed by atoms with E-state index in [4.69, 9.17) is 0 Å². The molecule has 0 saturated heterocycles. The summed E-state index contributed by atoms with van der Waals surface area (Å²) in [6.07, 6.45) is 14.5. The number of unbranched alkanes of at least 4 members (excludes halogenated alkanes) is 6. The Bertz CT molecular complexity index is 722. The van der Waals surface area contributed by atoms with Crippen molar-refractivity contribution in [1.82, 2.24) is 0 Å². The molecule has 0 aromatic heterocycles. The molecule has 0 aliphatic heterocycles. The smallest absolute Gasteiger partial charge is 0.0249 e. The molecule has 2 aromatic carbocycles. The van der Waals surface area contributed by atoms with Gasteiger partial charge in [0, 0.05) is 11.1 Å². The summed E-state index contributed by atoms with van der Waals surface area (Å²) in [5.41, 5.74) is 5.08. The standard InChI is InChI=1S/C29H40/c1-4-5-6-7-8-9-13-26-15-19-28(20-16-26)23-24-29-21-17-27(18-22-29)14-11-10-12-25(2)3/h15-22,25H,4-14H2,1-3H3. The van der Waals surface area contributed by atoms with Crippen LogP contribution in [0.2, 0.25) is 0 Å². The average molecular weight is 389 g/mol. The highest BCUT2D eigenvalue weighted by atomic mass is 14.0. The zero-order valence-electron chi connectivity index (χ0n) is 19.0. The molecule has 0 nitrogen and oxygen atoms in total. The fourth-order valence-electron chi connectivity index (χ4n) is 3.64. The van der Waals surface area contributed by atoms with Crippen LogP contribution in [0.1, 0.15) is 101 Å². The molecular weight excluding hydrogens is 348 g/mol. The molecule has 0 aliphatic rings. The summed E-state index contributed by atoms with van der Waals surface area (Å²) in [4.78, 5) is 0. The van der Waals surface area contributed by atoms with Crippen LogP contribution in [0.5, 0.6) is 0 Å². The minimum absolute atomic E-state index is 0.817. The number of benzene rings is 2. The molecule has 0 radical (unpaired) electrons. The van der Waals surface area contributed by atoms with E-state index in [-0.39, 0.29) is 0 Å². The monoisotopic (exact) mass is 388 g/mol. The Morgan fingerprint density at radius 3 is 1.52 bits per heavy atom. The third-order valence-electron chi connectivity index (χ3n) is 5.57. The predicted octanol–water partition coefficient (Wildman–Crippen LogP) is 8.36. The van der Waals surface area contributed by atoms with Gasteiger partial charge < -0.3 is 0 Å². The first-order valence-corrected chi connectivity index (χ1v) is 11.9. The van der Waals surface area contributed by atoms with E-state index in [1.54, 1.807) is 0 Å². The molecule has 0 amide bonds. The van der Waals surface area contributed by atoms with Crippen molar-refractivity contribution >= 4 is 0 Å². The fourth-order valence-corrected chi connectivity index (χ4v) is 3.64. The van der Waals surface area contributed by atoms with Crippen LogP contribution in [0.15, 0.2) is 48.5 Å². The van der Waals surface area contributed by atoms with Crippen LogP contribution in [-0.4, -0.2) is 0 Å². The van der Waals surface area contributed by atoms with Crippen LogP contribution in [0.25, 0.3) is 0 Å². The Kier molecular flexibility index (Phi) is 11.3. The van der Waals surface area contributed by atoms with Gasteiger partial charge in [-0.2, -0.15) is 0 Å². The Morgan fingerprint density at radius 2 is 1.03 bits per heavy atom. The van der Waals surface area contributed by atoms with E-state index in [9.17, 15) is 0 Å². The molecule has 0 atom stereocenters. The summed E-state index contributed by atoms with van der Waals surface area (Å²) in [5, 5.41) is 0. The molecule has 0 aliphatic carbocycles. The van der Waals surface area contributed by atoms with Gasteiger partial charge in [-0.15, -0.1) is 0 Å². The predicted molar refractivity (Wildman–Crippen MR) is 128 cm³/mol. The van der Waals surface area contributed by atoms with Crippen molar-refractivity contribution < 1.29 is 0 Å². The molecule has 0 bridgehead atoms. The molecular formula is C29H40. The van der Waals surface area contributed by atoms with Gasteiger partial charge in [0.15, 0.2) is 0 Å². The Hall–Kier alpha value is -2.00. The van der Waals surface area contributed by atoms with E-state index in [1.807, 2.05) is 0 Å². The third kappa shape index (κ3) is 10.4. The molecule has 0 saturated carbocycles. The quantitative estimate of drug-likeness (QED) is 0.253. The fraction of sp³-hybridized carbons (Fsp3) is 0.517. The first-order valence-electron chi connectivity index (χ1n) is 11.9. The first kappa shape index (κ1) is 23.3. The number of rotatable bonds is 12. The molecule has 0 heteroatoms. The van der Waals surface area contributed by atoms with Crippen molar-refractivity contribution in [3.05, 3.63) is 70.8 Å². The van der Waals surface area contributed by atoms with Crippen LogP contribution in [0.3, 0.4) is 0 Å². The third-order valence-corrected chi connectivity index (χ3v) is 5.57. The zero-order valence-corrected chi connectivity index (χ0v) is 19.0. The second kappa shape index (κ2) is 14.1. The lowest BCUT2D eigenvalue weighted by molar-refractivity contribution is 0.538. The molecule has 2 rings (SSSR count). The van der Waals surface area contributed by atoms with Crippen molar-refractivity contribution in [2.75, 3.05) is 0 Å². The minimum atomic E-state index is 0.817. The van der Waals surface area contributed by atoms with Crippen molar-refractivity contribution in [3.8, 4) is 11.8 Å². The Morgan fingerprint density at radius 1 is 0.586 bits per heavy atom. The minimum Gasteiger partial charge on any atom is -0.0654 e. The lowest BCUT2D eigenvalue weighted by atomic mass is 10.0. The lowest BCUT2D eigenvalue weighted by Crippen LogP contribution is -1.90. The zero-order chi connectivity index (χ0) is 20.7. The van der Waals surface area contributed by atoms with Gasteiger partial charge in [-0.25, -0.2) is 0 Å². The molecule has 2 aromatic rings. The number of hydrogen-bond acceptors (Lipinski definition) is 0. The van der Waals surface area contributed by atoms with Gasteiger partial charge in [0.2, 0.25) is 0 Å². The second-order valence-electron chi connectivity index (χ2n) is 8.80. The Balaban J connectivity index is 1.74. The van der Waals surface area contributed by atoms with E-state index in [2.05, 4.69) is 81.1 Å². The highest BCUT2D eigenvalue weighted by Crippen LogP contribution is 2.13. The summed E-state index contributed by atoms with van der Waals surface area (Å²) in [7, 11) is 0. The van der Waals surface area contributed by atoms with Crippen LogP contribution in [0, 0.1) is 17.8 Å². The largest absolute Gasteiger partial charge is 0.0654 e. The lowest BCUT2D eigenvalue weighted by Gasteiger charge is -2.04. The molecule has 0 N–H and O–H groups in total. The van der Waals surface area contributed by atoms with Crippen molar-refractivity contribution in [2.45, 2.75) is 91.4 Å². The summed E-state index contributed by atoms with van der Waals surface area (Å²) in [6.45, 7) is 6.88. The maximum Gasteiger partial charge on any atom is 0.0249 e. The SMILES string of the molecule is CCCCCCCCc1ccc(C#Cc2ccc(CCCCC(C)C)cc2)cc1. The van der Waals surface area contributed by atoms with Gasteiger partial charge in [0.1, 0.15) is 0 Å². The van der Waals surface area contributed by atoms with Crippen LogP contribution < -0.4 is 0 Å². The summed E-state index contributed by atoms with van der Waals surface area (Å²) >= 11 is 0. The maximum atomic E-state index is 3.31. The van der Waals surface area contributed by atoms with E-state index in [0.29, 0.717) is 0 Å². The highest BCUT2D eigenvalue weighted by molar-refractivity contribution is 5.44. The van der Waals surface area contributed by atoms with Gasteiger partial charge in [-0.1, -0.05) is 102 Å². The van der Waals surface area contributed by atoms with Crippen LogP contribution in [-0.2, 0) is 12.8 Å². The van der Waals surface area contributed by atoms with E-state index < -0.39 is 0 Å². The number of hydrogen-bond donors (Lipinski definition) is 0. The topological polar surface area (TPSA) is 0 Å². The van der Waals surface area contributed by atoms with Gasteiger partial charge in [-0.3, -0.25) is 0 Å². The normalized spacial score (nSPS) is 10.8. The summed E-state index contributed by atoms with van der Waals surface area (Å²) < 4.78 is 0. The average Bonchev–Trinajstić information content (AvgIpc) is 2.74. The van der Waals surface area contributed by atoms with Crippen molar-refractivity contribution in [2.24, 2.45) is 5.92 Å². The molecule has 0 fully saturated rings. The first-order chi connectivity index (χ1) is 14.2. The Labute approximate surface area is 180 Å². The number of aryl methyl sites for hydroxylation is 2. The van der Waals surface area contributed by atoms with Crippen molar-refractivity contribution in [3.63, 3.8) is 0 Å². The van der Waals surface area contributed by atoms with Gasteiger partial charge in [-0.05, 0) is 67.0 Å². The molecule has 29 heavy (non-hydrogen) atoms. The maximum absolute atomic E-state index is 3.31. The molecule has 0 spiro atoms. The highest BCUT2D eigenvalue weighted by Gasteiger charge is 1.97. The second-order valence-corrected chi connectivity index (χ2v) is 8.80. The summed E-state index contributed by atoms with van der Waals surface area (Å²) in [6, 6.07) is 17.6. The van der Waals surface area contributed by atoms with Crippen LogP contribution >= 0.6 is 0 Å².